The lowest BCUT2D eigenvalue weighted by Crippen LogP contribution is -2.32. The third kappa shape index (κ3) is 3.61. The van der Waals surface area contributed by atoms with E-state index in [1.165, 1.54) is 0 Å². The number of hydrogen-bond donors (Lipinski definition) is 1. The molecule has 0 aliphatic carbocycles. The van der Waals surface area contributed by atoms with E-state index >= 15 is 0 Å². The van der Waals surface area contributed by atoms with Crippen molar-refractivity contribution in [1.82, 2.24) is 10.2 Å². The highest BCUT2D eigenvalue weighted by atomic mass is 127. The van der Waals surface area contributed by atoms with Crippen molar-refractivity contribution in [3.63, 3.8) is 0 Å². The Morgan fingerprint density at radius 3 is 2.81 bits per heavy atom. The SMILES string of the molecule is CNCCN(C)C(=O)c1ccc(I)cc1Cl. The molecule has 0 aromatic heterocycles. The molecule has 5 heteroatoms. The third-order valence-electron chi connectivity index (χ3n) is 2.21. The van der Waals surface area contributed by atoms with E-state index in [0.29, 0.717) is 17.1 Å². The summed E-state index contributed by atoms with van der Waals surface area (Å²) in [6.45, 7) is 1.43. The average molecular weight is 353 g/mol. The summed E-state index contributed by atoms with van der Waals surface area (Å²) in [5.74, 6) is -0.0448. The fraction of sp³-hybridized carbons (Fsp3) is 0.364. The van der Waals surface area contributed by atoms with Gasteiger partial charge in [0.05, 0.1) is 10.6 Å². The van der Waals surface area contributed by atoms with Crippen LogP contribution in [0.25, 0.3) is 0 Å². The van der Waals surface area contributed by atoms with Crippen LogP contribution >= 0.6 is 34.2 Å². The zero-order valence-corrected chi connectivity index (χ0v) is 12.2. The van der Waals surface area contributed by atoms with E-state index in [9.17, 15) is 4.79 Å². The number of nitrogens with zero attached hydrogens (tertiary/aromatic N) is 1. The second-order valence-corrected chi connectivity index (χ2v) is 5.11. The second-order valence-electron chi connectivity index (χ2n) is 3.45. The van der Waals surface area contributed by atoms with Crippen molar-refractivity contribution < 1.29 is 4.79 Å². The van der Waals surface area contributed by atoms with Crippen molar-refractivity contribution in [2.24, 2.45) is 0 Å². The van der Waals surface area contributed by atoms with Gasteiger partial charge in [-0.3, -0.25) is 4.79 Å². The van der Waals surface area contributed by atoms with Crippen LogP contribution in [-0.4, -0.2) is 38.0 Å². The summed E-state index contributed by atoms with van der Waals surface area (Å²) in [5, 5.41) is 3.51. The molecule has 0 radical (unpaired) electrons. The van der Waals surface area contributed by atoms with Crippen LogP contribution in [0.3, 0.4) is 0 Å². The average Bonchev–Trinajstić information content (AvgIpc) is 2.25. The normalized spacial score (nSPS) is 10.2. The largest absolute Gasteiger partial charge is 0.340 e. The lowest BCUT2D eigenvalue weighted by Gasteiger charge is -2.17. The standard InChI is InChI=1S/C11H14ClIN2O/c1-14-5-6-15(2)11(16)9-4-3-8(13)7-10(9)12/h3-4,7,14H,5-6H2,1-2H3. The van der Waals surface area contributed by atoms with Crippen LogP contribution in [0.4, 0.5) is 0 Å². The quantitative estimate of drug-likeness (QED) is 0.843. The maximum atomic E-state index is 12.0. The van der Waals surface area contributed by atoms with Crippen LogP contribution in [0, 0.1) is 3.57 Å². The first-order valence-corrected chi connectivity index (χ1v) is 6.37. The molecular formula is C11H14ClIN2O. The van der Waals surface area contributed by atoms with Crippen LogP contribution in [-0.2, 0) is 0 Å². The van der Waals surface area contributed by atoms with E-state index < -0.39 is 0 Å². The third-order valence-corrected chi connectivity index (χ3v) is 3.19. The molecule has 0 aliphatic rings. The molecule has 3 nitrogen and oxygen atoms in total. The molecule has 1 rings (SSSR count). The highest BCUT2D eigenvalue weighted by Gasteiger charge is 2.14. The van der Waals surface area contributed by atoms with Gasteiger partial charge in [-0.2, -0.15) is 0 Å². The van der Waals surface area contributed by atoms with Crippen LogP contribution in [0.2, 0.25) is 5.02 Å². The summed E-state index contributed by atoms with van der Waals surface area (Å²) in [6.07, 6.45) is 0. The van der Waals surface area contributed by atoms with Crippen LogP contribution in [0.5, 0.6) is 0 Å². The summed E-state index contributed by atoms with van der Waals surface area (Å²) in [5.41, 5.74) is 0.556. The predicted molar refractivity (Wildman–Crippen MR) is 75.1 cm³/mol. The Labute approximate surface area is 114 Å². The first-order valence-electron chi connectivity index (χ1n) is 4.91. The summed E-state index contributed by atoms with van der Waals surface area (Å²) in [6, 6.07) is 5.44. The van der Waals surface area contributed by atoms with Gasteiger partial charge in [0.2, 0.25) is 0 Å². The number of hydrogen-bond acceptors (Lipinski definition) is 2. The van der Waals surface area contributed by atoms with Crippen molar-refractivity contribution in [2.45, 2.75) is 0 Å². The monoisotopic (exact) mass is 352 g/mol. The van der Waals surface area contributed by atoms with Gasteiger partial charge in [0.15, 0.2) is 0 Å². The molecule has 0 heterocycles. The number of carbonyl (C=O) groups is 1. The summed E-state index contributed by atoms with van der Waals surface area (Å²) in [4.78, 5) is 13.7. The summed E-state index contributed by atoms with van der Waals surface area (Å²) >= 11 is 8.20. The molecular weight excluding hydrogens is 338 g/mol. The molecule has 1 aromatic rings. The summed E-state index contributed by atoms with van der Waals surface area (Å²) in [7, 11) is 3.63. The second kappa shape index (κ2) is 6.42. The number of likely N-dealkylation sites (N-methyl/N-ethyl adjacent to an activating group) is 2. The van der Waals surface area contributed by atoms with Crippen molar-refractivity contribution in [3.8, 4) is 0 Å². The van der Waals surface area contributed by atoms with Gasteiger partial charge in [-0.05, 0) is 47.8 Å². The maximum absolute atomic E-state index is 12.0. The number of nitrogens with one attached hydrogen (secondary N) is 1. The van der Waals surface area contributed by atoms with Gasteiger partial charge >= 0.3 is 0 Å². The summed E-state index contributed by atoms with van der Waals surface area (Å²) < 4.78 is 1.03. The molecule has 0 bridgehead atoms. The van der Waals surface area contributed by atoms with Crippen LogP contribution in [0.15, 0.2) is 18.2 Å². The molecule has 16 heavy (non-hydrogen) atoms. The Bertz CT molecular complexity index is 384. The topological polar surface area (TPSA) is 32.3 Å². The van der Waals surface area contributed by atoms with Crippen molar-refractivity contribution in [1.29, 1.82) is 0 Å². The predicted octanol–water partition coefficient (Wildman–Crippen LogP) is 2.24. The minimum absolute atomic E-state index is 0.0448. The fourth-order valence-corrected chi connectivity index (χ4v) is 2.19. The molecule has 0 atom stereocenters. The van der Waals surface area contributed by atoms with Gasteiger partial charge in [0.25, 0.3) is 5.91 Å². The van der Waals surface area contributed by atoms with Crippen molar-refractivity contribution in [2.75, 3.05) is 27.2 Å². The van der Waals surface area contributed by atoms with E-state index in [0.717, 1.165) is 10.1 Å². The van der Waals surface area contributed by atoms with E-state index in [4.69, 9.17) is 11.6 Å². The molecule has 1 amide bonds. The van der Waals surface area contributed by atoms with Crippen LogP contribution < -0.4 is 5.32 Å². The van der Waals surface area contributed by atoms with E-state index in [2.05, 4.69) is 27.9 Å². The Hall–Kier alpha value is -0.330. The number of benzene rings is 1. The Morgan fingerprint density at radius 2 is 2.25 bits per heavy atom. The lowest BCUT2D eigenvalue weighted by atomic mass is 10.2. The highest BCUT2D eigenvalue weighted by molar-refractivity contribution is 14.1. The number of rotatable bonds is 4. The molecule has 0 aliphatic heterocycles. The highest BCUT2D eigenvalue weighted by Crippen LogP contribution is 2.20. The number of amides is 1. The Balaban J connectivity index is 2.79. The van der Waals surface area contributed by atoms with Gasteiger partial charge in [-0.1, -0.05) is 11.6 Å². The number of halogens is 2. The van der Waals surface area contributed by atoms with E-state index in [-0.39, 0.29) is 5.91 Å². The smallest absolute Gasteiger partial charge is 0.255 e. The molecule has 0 saturated heterocycles. The van der Waals surface area contributed by atoms with E-state index in [1.54, 1.807) is 24.1 Å². The molecule has 1 aromatic carbocycles. The fourth-order valence-electron chi connectivity index (χ4n) is 1.25. The van der Waals surface area contributed by atoms with Gasteiger partial charge in [-0.25, -0.2) is 0 Å². The zero-order valence-electron chi connectivity index (χ0n) is 9.26. The first kappa shape index (κ1) is 13.7. The lowest BCUT2D eigenvalue weighted by molar-refractivity contribution is 0.0797. The first-order chi connectivity index (χ1) is 7.56. The Kier molecular flexibility index (Phi) is 5.51. The van der Waals surface area contributed by atoms with Gasteiger partial charge in [0.1, 0.15) is 0 Å². The van der Waals surface area contributed by atoms with Gasteiger partial charge in [0, 0.05) is 23.7 Å². The zero-order chi connectivity index (χ0) is 12.1. The Morgan fingerprint density at radius 1 is 1.56 bits per heavy atom. The number of carbonyl (C=O) groups excluding carboxylic acids is 1. The minimum Gasteiger partial charge on any atom is -0.340 e. The maximum Gasteiger partial charge on any atom is 0.255 e. The molecule has 0 fully saturated rings. The van der Waals surface area contributed by atoms with Gasteiger partial charge in [-0.15, -0.1) is 0 Å². The molecule has 1 N–H and O–H groups in total. The molecule has 0 spiro atoms. The van der Waals surface area contributed by atoms with Crippen molar-refractivity contribution in [3.05, 3.63) is 32.4 Å². The molecule has 88 valence electrons. The minimum atomic E-state index is -0.0448. The van der Waals surface area contributed by atoms with Gasteiger partial charge < -0.3 is 10.2 Å². The molecule has 0 saturated carbocycles. The van der Waals surface area contributed by atoms with Crippen LogP contribution in [0.1, 0.15) is 10.4 Å². The molecule has 0 unspecified atom stereocenters. The van der Waals surface area contributed by atoms with E-state index in [1.807, 2.05) is 13.1 Å². The van der Waals surface area contributed by atoms with Crippen molar-refractivity contribution >= 4 is 40.1 Å².